The molecule has 6 heteroatoms. The molecule has 1 saturated carbocycles. The van der Waals surface area contributed by atoms with Gasteiger partial charge in [-0.25, -0.2) is 8.42 Å². The Morgan fingerprint density at radius 1 is 0.923 bits per heavy atom. The van der Waals surface area contributed by atoms with Crippen molar-refractivity contribution in [2.75, 3.05) is 26.3 Å². The van der Waals surface area contributed by atoms with E-state index in [9.17, 15) is 8.42 Å². The first-order chi connectivity index (χ1) is 12.6. The molecule has 1 saturated heterocycles. The van der Waals surface area contributed by atoms with Gasteiger partial charge in [-0.1, -0.05) is 30.3 Å². The van der Waals surface area contributed by atoms with Crippen molar-refractivity contribution < 1.29 is 17.9 Å². The maximum Gasteiger partial charge on any atom is 0.243 e. The highest BCUT2D eigenvalue weighted by Crippen LogP contribution is 2.57. The summed E-state index contributed by atoms with van der Waals surface area (Å²) in [4.78, 5) is 0.288. The van der Waals surface area contributed by atoms with Crippen molar-refractivity contribution in [3.63, 3.8) is 0 Å². The molecule has 3 aliphatic rings. The number of hydrogen-bond acceptors (Lipinski definition) is 4. The highest BCUT2D eigenvalue weighted by molar-refractivity contribution is 7.89. The van der Waals surface area contributed by atoms with Gasteiger partial charge in [-0.15, -0.1) is 0 Å². The van der Waals surface area contributed by atoms with E-state index in [1.54, 1.807) is 22.5 Å². The second-order valence-electron chi connectivity index (χ2n) is 7.59. The molecule has 2 aromatic carbocycles. The Morgan fingerprint density at radius 3 is 2.35 bits per heavy atom. The Labute approximate surface area is 153 Å². The smallest absolute Gasteiger partial charge is 0.243 e. The maximum absolute atomic E-state index is 12.9. The van der Waals surface area contributed by atoms with E-state index in [0.29, 0.717) is 43.7 Å². The van der Waals surface area contributed by atoms with Crippen LogP contribution in [0.4, 0.5) is 0 Å². The predicted molar refractivity (Wildman–Crippen MR) is 97.0 cm³/mol. The van der Waals surface area contributed by atoms with Gasteiger partial charge >= 0.3 is 0 Å². The fourth-order valence-corrected chi connectivity index (χ4v) is 6.09. The molecule has 0 radical (unpaired) electrons. The van der Waals surface area contributed by atoms with Crippen molar-refractivity contribution in [2.45, 2.75) is 23.7 Å². The lowest BCUT2D eigenvalue weighted by atomic mass is 9.57. The van der Waals surface area contributed by atoms with E-state index < -0.39 is 10.0 Å². The third kappa shape index (κ3) is 2.51. The van der Waals surface area contributed by atoms with E-state index in [1.165, 1.54) is 5.56 Å². The van der Waals surface area contributed by atoms with Gasteiger partial charge in [0.15, 0.2) is 11.5 Å². The van der Waals surface area contributed by atoms with Gasteiger partial charge in [-0.05, 0) is 41.9 Å². The lowest BCUT2D eigenvalue weighted by Crippen LogP contribution is -2.62. The standard InChI is InChI=1S/C20H21NO4S/c22-26(23,17-6-7-18-19(10-17)25-9-8-24-18)21-13-20(14-21)11-16(12-20)15-4-2-1-3-5-15/h1-7,10,16H,8-9,11-14H2. The van der Waals surface area contributed by atoms with Crippen molar-refractivity contribution >= 4 is 10.0 Å². The van der Waals surface area contributed by atoms with Crippen LogP contribution in [0.15, 0.2) is 53.4 Å². The molecule has 136 valence electrons. The van der Waals surface area contributed by atoms with Crippen LogP contribution in [0.1, 0.15) is 24.3 Å². The van der Waals surface area contributed by atoms with Gasteiger partial charge in [-0.3, -0.25) is 0 Å². The molecule has 2 heterocycles. The zero-order valence-corrected chi connectivity index (χ0v) is 15.2. The highest BCUT2D eigenvalue weighted by atomic mass is 32.2. The molecule has 26 heavy (non-hydrogen) atoms. The third-order valence-electron chi connectivity index (χ3n) is 5.80. The molecule has 0 N–H and O–H groups in total. The molecule has 2 aliphatic heterocycles. The van der Waals surface area contributed by atoms with Crippen LogP contribution in [0, 0.1) is 5.41 Å². The van der Waals surface area contributed by atoms with Crippen LogP contribution in [0.2, 0.25) is 0 Å². The molecule has 1 aliphatic carbocycles. The Kier molecular flexibility index (Phi) is 3.56. The molecule has 0 aromatic heterocycles. The summed E-state index contributed by atoms with van der Waals surface area (Å²) in [5.74, 6) is 1.69. The first-order valence-electron chi connectivity index (χ1n) is 9.01. The van der Waals surface area contributed by atoms with Crippen LogP contribution in [0.3, 0.4) is 0 Å². The monoisotopic (exact) mass is 371 g/mol. The van der Waals surface area contributed by atoms with Crippen molar-refractivity contribution in [3.8, 4) is 11.5 Å². The van der Waals surface area contributed by atoms with Gasteiger partial charge < -0.3 is 9.47 Å². The number of ether oxygens (including phenoxy) is 2. The molecule has 0 amide bonds. The number of hydrogen-bond donors (Lipinski definition) is 0. The lowest BCUT2D eigenvalue weighted by molar-refractivity contribution is -0.0255. The first-order valence-corrected chi connectivity index (χ1v) is 10.4. The van der Waals surface area contributed by atoms with Gasteiger partial charge in [0, 0.05) is 19.2 Å². The molecular formula is C20H21NO4S. The first kappa shape index (κ1) is 16.1. The SMILES string of the molecule is O=S(=O)(c1ccc2c(c1)OCCO2)N1CC2(CC(c3ccccc3)C2)C1. The zero-order valence-electron chi connectivity index (χ0n) is 14.4. The Bertz CT molecular complexity index is 928. The topological polar surface area (TPSA) is 55.8 Å². The van der Waals surface area contributed by atoms with Gasteiger partial charge in [-0.2, -0.15) is 4.31 Å². The Morgan fingerprint density at radius 2 is 1.62 bits per heavy atom. The van der Waals surface area contributed by atoms with Gasteiger partial charge in [0.2, 0.25) is 10.0 Å². The molecule has 0 unspecified atom stereocenters. The molecule has 5 rings (SSSR count). The summed E-state index contributed by atoms with van der Waals surface area (Å²) in [6.07, 6.45) is 2.15. The van der Waals surface area contributed by atoms with Gasteiger partial charge in [0.05, 0.1) is 4.90 Å². The van der Waals surface area contributed by atoms with E-state index >= 15 is 0 Å². The molecule has 2 aromatic rings. The normalized spacial score (nSPS) is 21.8. The second kappa shape index (κ2) is 5.72. The van der Waals surface area contributed by atoms with E-state index in [1.807, 2.05) is 6.07 Å². The summed E-state index contributed by atoms with van der Waals surface area (Å²) < 4.78 is 38.4. The lowest BCUT2D eigenvalue weighted by Gasteiger charge is -2.58. The van der Waals surface area contributed by atoms with Gasteiger partial charge in [0.25, 0.3) is 0 Å². The number of sulfonamides is 1. The van der Waals surface area contributed by atoms with Crippen LogP contribution in [0.5, 0.6) is 11.5 Å². The second-order valence-corrected chi connectivity index (χ2v) is 9.53. The minimum absolute atomic E-state index is 0.168. The number of rotatable bonds is 3. The zero-order chi connectivity index (χ0) is 17.8. The summed E-state index contributed by atoms with van der Waals surface area (Å²) in [6.45, 7) is 2.18. The van der Waals surface area contributed by atoms with Crippen LogP contribution in [0.25, 0.3) is 0 Å². The van der Waals surface area contributed by atoms with Crippen molar-refractivity contribution in [2.24, 2.45) is 5.41 Å². The average Bonchev–Trinajstić information content (AvgIpc) is 2.60. The average molecular weight is 371 g/mol. The summed E-state index contributed by atoms with van der Waals surface area (Å²) in [7, 11) is -3.47. The number of fused-ring (bicyclic) bond motifs is 1. The minimum atomic E-state index is -3.47. The van der Waals surface area contributed by atoms with E-state index in [2.05, 4.69) is 24.3 Å². The largest absolute Gasteiger partial charge is 0.486 e. The fourth-order valence-electron chi connectivity index (χ4n) is 4.41. The van der Waals surface area contributed by atoms with Crippen LogP contribution in [-0.2, 0) is 10.0 Å². The minimum Gasteiger partial charge on any atom is -0.486 e. The summed E-state index contributed by atoms with van der Waals surface area (Å²) in [5.41, 5.74) is 1.53. The molecule has 0 bridgehead atoms. The van der Waals surface area contributed by atoms with Crippen molar-refractivity contribution in [1.29, 1.82) is 0 Å². The van der Waals surface area contributed by atoms with Gasteiger partial charge in [0.1, 0.15) is 13.2 Å². The highest BCUT2D eigenvalue weighted by Gasteiger charge is 2.55. The molecule has 1 spiro atoms. The molecule has 5 nitrogen and oxygen atoms in total. The summed E-state index contributed by atoms with van der Waals surface area (Å²) >= 11 is 0. The van der Waals surface area contributed by atoms with E-state index in [4.69, 9.17) is 9.47 Å². The Hall–Kier alpha value is -2.05. The number of nitrogens with zero attached hydrogens (tertiary/aromatic N) is 1. The predicted octanol–water partition coefficient (Wildman–Crippen LogP) is 3.03. The van der Waals surface area contributed by atoms with Crippen molar-refractivity contribution in [3.05, 3.63) is 54.1 Å². The summed E-state index contributed by atoms with van der Waals surface area (Å²) in [6, 6.07) is 15.4. The fraction of sp³-hybridized carbons (Fsp3) is 0.400. The molecule has 2 fully saturated rings. The van der Waals surface area contributed by atoms with E-state index in [0.717, 1.165) is 12.8 Å². The number of benzene rings is 2. The maximum atomic E-state index is 12.9. The van der Waals surface area contributed by atoms with Crippen molar-refractivity contribution in [1.82, 2.24) is 4.31 Å². The summed E-state index contributed by atoms with van der Waals surface area (Å²) in [5, 5.41) is 0. The quantitative estimate of drug-likeness (QED) is 0.832. The molecular weight excluding hydrogens is 350 g/mol. The molecule has 0 atom stereocenters. The van der Waals surface area contributed by atoms with Crippen LogP contribution >= 0.6 is 0 Å². The van der Waals surface area contributed by atoms with Crippen LogP contribution < -0.4 is 9.47 Å². The third-order valence-corrected chi connectivity index (χ3v) is 7.59. The Balaban J connectivity index is 1.27. The van der Waals surface area contributed by atoms with E-state index in [-0.39, 0.29) is 10.3 Å². The van der Waals surface area contributed by atoms with Crippen LogP contribution in [-0.4, -0.2) is 39.0 Å².